The SMILES string of the molecule is CC1=C(C(=O)Nc2ccc(F)cc2)[C@@H](c2cccs2)NC(=S)N1. The summed E-state index contributed by atoms with van der Waals surface area (Å²) in [6, 6.07) is 9.24. The largest absolute Gasteiger partial charge is 0.350 e. The van der Waals surface area contributed by atoms with E-state index < -0.39 is 0 Å². The average Bonchev–Trinajstić information content (AvgIpc) is 3.03. The van der Waals surface area contributed by atoms with E-state index in [4.69, 9.17) is 12.2 Å². The summed E-state index contributed by atoms with van der Waals surface area (Å²) in [5.74, 6) is -0.601. The van der Waals surface area contributed by atoms with Crippen LogP contribution in [0.1, 0.15) is 17.8 Å². The number of rotatable bonds is 3. The van der Waals surface area contributed by atoms with Gasteiger partial charge >= 0.3 is 0 Å². The maximum absolute atomic E-state index is 13.0. The average molecular weight is 347 g/mol. The van der Waals surface area contributed by atoms with Crippen molar-refractivity contribution in [1.82, 2.24) is 10.6 Å². The van der Waals surface area contributed by atoms with Gasteiger partial charge < -0.3 is 16.0 Å². The molecule has 1 amide bonds. The lowest BCUT2D eigenvalue weighted by Crippen LogP contribution is -2.45. The molecule has 3 rings (SSSR count). The second-order valence-electron chi connectivity index (χ2n) is 5.05. The zero-order valence-corrected chi connectivity index (χ0v) is 13.9. The molecule has 0 saturated heterocycles. The molecule has 0 saturated carbocycles. The molecular weight excluding hydrogens is 333 g/mol. The van der Waals surface area contributed by atoms with Gasteiger partial charge in [-0.25, -0.2) is 4.39 Å². The number of anilines is 1. The first-order chi connectivity index (χ1) is 11.0. The molecule has 2 aromatic rings. The summed E-state index contributed by atoms with van der Waals surface area (Å²) in [5.41, 5.74) is 1.80. The molecule has 0 unspecified atom stereocenters. The number of hydrogen-bond donors (Lipinski definition) is 3. The summed E-state index contributed by atoms with van der Waals surface area (Å²) in [4.78, 5) is 13.7. The maximum Gasteiger partial charge on any atom is 0.255 e. The monoisotopic (exact) mass is 347 g/mol. The summed E-state index contributed by atoms with van der Waals surface area (Å²) < 4.78 is 13.0. The Morgan fingerprint density at radius 3 is 2.70 bits per heavy atom. The van der Waals surface area contributed by atoms with Crippen LogP contribution >= 0.6 is 23.6 Å². The lowest BCUT2D eigenvalue weighted by atomic mass is 10.0. The molecule has 1 aliphatic rings. The van der Waals surface area contributed by atoms with Crippen LogP contribution in [0.3, 0.4) is 0 Å². The van der Waals surface area contributed by atoms with Crippen LogP contribution < -0.4 is 16.0 Å². The smallest absolute Gasteiger partial charge is 0.255 e. The zero-order valence-electron chi connectivity index (χ0n) is 12.2. The van der Waals surface area contributed by atoms with Crippen LogP contribution in [0.2, 0.25) is 0 Å². The number of allylic oxidation sites excluding steroid dienone is 1. The number of hydrogen-bond acceptors (Lipinski definition) is 3. The quantitative estimate of drug-likeness (QED) is 0.746. The lowest BCUT2D eigenvalue weighted by Gasteiger charge is -2.29. The van der Waals surface area contributed by atoms with Crippen molar-refractivity contribution in [3.8, 4) is 0 Å². The predicted molar refractivity (Wildman–Crippen MR) is 93.7 cm³/mol. The van der Waals surface area contributed by atoms with E-state index >= 15 is 0 Å². The van der Waals surface area contributed by atoms with E-state index in [1.165, 1.54) is 24.3 Å². The van der Waals surface area contributed by atoms with E-state index in [-0.39, 0.29) is 17.8 Å². The van der Waals surface area contributed by atoms with Gasteiger partial charge in [0.05, 0.1) is 11.6 Å². The number of benzene rings is 1. The molecule has 0 bridgehead atoms. The fraction of sp³-hybridized carbons (Fsp3) is 0.125. The minimum atomic E-state index is -0.346. The van der Waals surface area contributed by atoms with Gasteiger partial charge in [-0.1, -0.05) is 6.07 Å². The van der Waals surface area contributed by atoms with E-state index in [9.17, 15) is 9.18 Å². The number of carbonyl (C=O) groups excluding carboxylic acids is 1. The number of amides is 1. The van der Waals surface area contributed by atoms with Crippen molar-refractivity contribution in [2.75, 3.05) is 5.32 Å². The fourth-order valence-electron chi connectivity index (χ4n) is 2.40. The molecule has 3 N–H and O–H groups in total. The number of thiocarbonyl (C=S) groups is 1. The molecule has 4 nitrogen and oxygen atoms in total. The fourth-order valence-corrected chi connectivity index (χ4v) is 3.45. The summed E-state index contributed by atoms with van der Waals surface area (Å²) in [6.07, 6.45) is 0. The molecule has 7 heteroatoms. The van der Waals surface area contributed by atoms with Gasteiger partial charge in [-0.2, -0.15) is 0 Å². The predicted octanol–water partition coefficient (Wildman–Crippen LogP) is 3.32. The highest BCUT2D eigenvalue weighted by atomic mass is 32.1. The minimum absolute atomic E-state index is 0.255. The second kappa shape index (κ2) is 6.47. The third kappa shape index (κ3) is 3.40. The molecule has 1 atom stereocenters. The standard InChI is InChI=1S/C16H14FN3OS2/c1-9-13(15(21)19-11-6-4-10(17)5-7-11)14(20-16(22)18-9)12-3-2-8-23-12/h2-8,14H,1H3,(H,19,21)(H2,18,20,22)/t14-/m1/s1. The molecule has 2 heterocycles. The first-order valence-corrected chi connectivity index (χ1v) is 8.22. The van der Waals surface area contributed by atoms with Crippen LogP contribution in [0.4, 0.5) is 10.1 Å². The van der Waals surface area contributed by atoms with Crippen molar-refractivity contribution in [3.05, 3.63) is 63.7 Å². The molecule has 1 aliphatic heterocycles. The normalized spacial score (nSPS) is 17.5. The molecule has 118 valence electrons. The van der Waals surface area contributed by atoms with Crippen molar-refractivity contribution in [3.63, 3.8) is 0 Å². The van der Waals surface area contributed by atoms with Crippen molar-refractivity contribution in [2.45, 2.75) is 13.0 Å². The van der Waals surface area contributed by atoms with Gasteiger partial charge in [0.1, 0.15) is 5.82 Å². The van der Waals surface area contributed by atoms with Crippen LogP contribution in [0.5, 0.6) is 0 Å². The van der Waals surface area contributed by atoms with Crippen molar-refractivity contribution in [2.24, 2.45) is 0 Å². The molecule has 0 radical (unpaired) electrons. The first kappa shape index (κ1) is 15.6. The summed E-state index contributed by atoms with van der Waals surface area (Å²) in [7, 11) is 0. The first-order valence-electron chi connectivity index (χ1n) is 6.93. The summed E-state index contributed by atoms with van der Waals surface area (Å²) >= 11 is 6.74. The van der Waals surface area contributed by atoms with E-state index in [1.54, 1.807) is 11.3 Å². The van der Waals surface area contributed by atoms with Gasteiger partial charge in [0.25, 0.3) is 5.91 Å². The Morgan fingerprint density at radius 2 is 2.04 bits per heavy atom. The van der Waals surface area contributed by atoms with Gasteiger partial charge in [-0.3, -0.25) is 4.79 Å². The Labute approximate surface area is 142 Å². The van der Waals surface area contributed by atoms with E-state index in [0.29, 0.717) is 22.1 Å². The van der Waals surface area contributed by atoms with Gasteiger partial charge in [0.15, 0.2) is 5.11 Å². The van der Waals surface area contributed by atoms with Crippen molar-refractivity contribution >= 4 is 40.3 Å². The Morgan fingerprint density at radius 1 is 1.30 bits per heavy atom. The molecule has 1 aromatic heterocycles. The van der Waals surface area contributed by atoms with Crippen LogP contribution in [-0.2, 0) is 4.79 Å². The van der Waals surface area contributed by atoms with Crippen LogP contribution in [0, 0.1) is 5.82 Å². The Balaban J connectivity index is 1.90. The number of carbonyl (C=O) groups is 1. The van der Waals surface area contributed by atoms with E-state index in [1.807, 2.05) is 24.4 Å². The third-order valence-electron chi connectivity index (χ3n) is 3.44. The highest BCUT2D eigenvalue weighted by Crippen LogP contribution is 2.30. The second-order valence-corrected chi connectivity index (χ2v) is 6.43. The molecule has 0 aliphatic carbocycles. The molecular formula is C16H14FN3OS2. The molecule has 0 spiro atoms. The van der Waals surface area contributed by atoms with Crippen molar-refractivity contribution in [1.29, 1.82) is 0 Å². The van der Waals surface area contributed by atoms with E-state index in [0.717, 1.165) is 4.88 Å². The summed E-state index contributed by atoms with van der Waals surface area (Å²) in [6.45, 7) is 1.81. The highest BCUT2D eigenvalue weighted by Gasteiger charge is 2.30. The zero-order chi connectivity index (χ0) is 16.4. The van der Waals surface area contributed by atoms with Crippen LogP contribution in [0.15, 0.2) is 53.0 Å². The van der Waals surface area contributed by atoms with Gasteiger partial charge in [0.2, 0.25) is 0 Å². The van der Waals surface area contributed by atoms with Crippen LogP contribution in [-0.4, -0.2) is 11.0 Å². The summed E-state index contributed by atoms with van der Waals surface area (Å²) in [5, 5.41) is 11.3. The Hall–Kier alpha value is -2.25. The molecule has 0 fully saturated rings. The minimum Gasteiger partial charge on any atom is -0.350 e. The van der Waals surface area contributed by atoms with Crippen LogP contribution in [0.25, 0.3) is 0 Å². The van der Waals surface area contributed by atoms with Crippen molar-refractivity contribution < 1.29 is 9.18 Å². The maximum atomic E-state index is 13.0. The van der Waals surface area contributed by atoms with Gasteiger partial charge in [-0.05, 0) is 54.9 Å². The van der Waals surface area contributed by atoms with Gasteiger partial charge in [0, 0.05) is 16.3 Å². The topological polar surface area (TPSA) is 53.2 Å². The third-order valence-corrected chi connectivity index (χ3v) is 4.60. The lowest BCUT2D eigenvalue weighted by molar-refractivity contribution is -0.113. The molecule has 1 aromatic carbocycles. The molecule has 23 heavy (non-hydrogen) atoms. The number of thiophene rings is 1. The van der Waals surface area contributed by atoms with E-state index in [2.05, 4.69) is 16.0 Å². The Bertz CT molecular complexity index is 769. The number of nitrogens with one attached hydrogen (secondary N) is 3. The highest BCUT2D eigenvalue weighted by molar-refractivity contribution is 7.80. The van der Waals surface area contributed by atoms with Gasteiger partial charge in [-0.15, -0.1) is 11.3 Å². The Kier molecular flexibility index (Phi) is 4.40. The number of halogens is 1.